The van der Waals surface area contributed by atoms with Crippen LogP contribution in [0.1, 0.15) is 232 Å². The number of hydrogen-bond acceptors (Lipinski definition) is 6. The molecule has 0 aromatic rings. The van der Waals surface area contributed by atoms with Gasteiger partial charge < -0.3 is 28.8 Å². The smallest absolute Gasteiger partial charge is 0.268 e. The van der Waals surface area contributed by atoms with E-state index in [1.165, 1.54) is 96.3 Å². The van der Waals surface area contributed by atoms with Crippen molar-refractivity contribution in [3.63, 3.8) is 0 Å². The normalized spacial score (nSPS) is 14.7. The summed E-state index contributed by atoms with van der Waals surface area (Å²) in [7, 11) is 1.23. The number of phosphoric acid groups is 1. The van der Waals surface area contributed by atoms with Gasteiger partial charge >= 0.3 is 0 Å². The van der Waals surface area contributed by atoms with Crippen molar-refractivity contribution < 1.29 is 32.9 Å². The van der Waals surface area contributed by atoms with Gasteiger partial charge in [-0.05, 0) is 89.9 Å². The molecule has 0 aromatic carbocycles. The van der Waals surface area contributed by atoms with Crippen LogP contribution in [0, 0.1) is 0 Å². The second-order valence-corrected chi connectivity index (χ2v) is 22.4. The van der Waals surface area contributed by atoms with Crippen LogP contribution in [-0.2, 0) is 18.4 Å². The van der Waals surface area contributed by atoms with Crippen molar-refractivity contribution >= 4 is 13.7 Å². The van der Waals surface area contributed by atoms with Crippen LogP contribution in [-0.4, -0.2) is 68.5 Å². The summed E-state index contributed by atoms with van der Waals surface area (Å²) >= 11 is 0. The van der Waals surface area contributed by atoms with Gasteiger partial charge in [0.05, 0.1) is 39.9 Å². The maximum absolute atomic E-state index is 13.0. The highest BCUT2D eigenvalue weighted by atomic mass is 31.2. The number of unbranched alkanes of at least 4 members (excludes halogenated alkanes) is 22. The molecule has 0 aliphatic carbocycles. The molecule has 0 heterocycles. The number of hydrogen-bond donors (Lipinski definition) is 2. The van der Waals surface area contributed by atoms with E-state index in [4.69, 9.17) is 9.05 Å². The zero-order chi connectivity index (χ0) is 54.2. The fraction of sp³-hybridized carbons (Fsp3) is 0.677. The Balaban J connectivity index is 4.28. The molecule has 3 unspecified atom stereocenters. The van der Waals surface area contributed by atoms with Crippen LogP contribution in [0.5, 0.6) is 0 Å². The average molecular weight is 1050 g/mol. The minimum atomic E-state index is -4.61. The minimum Gasteiger partial charge on any atom is -0.756 e. The Morgan fingerprint density at radius 1 is 0.486 bits per heavy atom. The molecule has 0 aromatic heterocycles. The SMILES string of the molecule is CC/C=C\C/C=C\C/C=C\C/C=C\C/C=C\C/C=C\C/C=C\C/C=C\C/C=C\CCCCCCCC(=O)NC(COP(=O)([O-])OCC[N+](C)(C)C)C(O)/C=C/CCCCCCCCCCCCCCCCCCC. The molecule has 3 atom stereocenters. The maximum Gasteiger partial charge on any atom is 0.268 e. The lowest BCUT2D eigenvalue weighted by atomic mass is 10.0. The van der Waals surface area contributed by atoms with Crippen molar-refractivity contribution in [2.45, 2.75) is 244 Å². The number of aliphatic hydroxyl groups excluding tert-OH is 1. The highest BCUT2D eigenvalue weighted by Crippen LogP contribution is 2.38. The third-order valence-electron chi connectivity index (χ3n) is 12.7. The van der Waals surface area contributed by atoms with Crippen LogP contribution in [0.3, 0.4) is 0 Å². The number of allylic oxidation sites excluding steroid dienone is 19. The van der Waals surface area contributed by atoms with Crippen LogP contribution < -0.4 is 10.2 Å². The van der Waals surface area contributed by atoms with E-state index in [1.807, 2.05) is 27.2 Å². The van der Waals surface area contributed by atoms with E-state index in [2.05, 4.69) is 129 Å². The van der Waals surface area contributed by atoms with Crippen molar-refractivity contribution in [3.05, 3.63) is 122 Å². The van der Waals surface area contributed by atoms with Crippen LogP contribution in [0.15, 0.2) is 122 Å². The zero-order valence-electron chi connectivity index (χ0n) is 48.2. The molecule has 424 valence electrons. The third-order valence-corrected chi connectivity index (χ3v) is 13.6. The van der Waals surface area contributed by atoms with Crippen molar-refractivity contribution in [3.8, 4) is 0 Å². The number of quaternary nitrogens is 1. The monoisotopic (exact) mass is 1050 g/mol. The lowest BCUT2D eigenvalue weighted by Crippen LogP contribution is -2.45. The summed E-state index contributed by atoms with van der Waals surface area (Å²) in [6.07, 6.45) is 81.3. The number of aliphatic hydroxyl groups is 1. The predicted octanol–water partition coefficient (Wildman–Crippen LogP) is 17.9. The molecule has 0 radical (unpaired) electrons. The summed E-state index contributed by atoms with van der Waals surface area (Å²) in [6, 6.07) is -0.907. The largest absolute Gasteiger partial charge is 0.756 e. The van der Waals surface area contributed by atoms with E-state index < -0.39 is 26.6 Å². The molecular formula is C65H113N2O6P. The number of carbonyl (C=O) groups is 1. The molecule has 2 N–H and O–H groups in total. The number of likely N-dealkylation sites (N-methyl/N-ethyl adjacent to an activating group) is 1. The average Bonchev–Trinajstić information content (AvgIpc) is 3.36. The van der Waals surface area contributed by atoms with Gasteiger partial charge in [-0.2, -0.15) is 0 Å². The number of phosphoric ester groups is 1. The van der Waals surface area contributed by atoms with E-state index in [-0.39, 0.29) is 12.5 Å². The molecule has 74 heavy (non-hydrogen) atoms. The van der Waals surface area contributed by atoms with Gasteiger partial charge in [-0.15, -0.1) is 0 Å². The van der Waals surface area contributed by atoms with Gasteiger partial charge in [0, 0.05) is 6.42 Å². The Morgan fingerprint density at radius 2 is 0.824 bits per heavy atom. The molecule has 0 aliphatic rings. The predicted molar refractivity (Wildman–Crippen MR) is 320 cm³/mol. The molecule has 0 saturated heterocycles. The Morgan fingerprint density at radius 3 is 1.20 bits per heavy atom. The van der Waals surface area contributed by atoms with Gasteiger partial charge in [0.1, 0.15) is 13.2 Å². The van der Waals surface area contributed by atoms with Gasteiger partial charge in [0.15, 0.2) is 0 Å². The summed E-state index contributed by atoms with van der Waals surface area (Å²) in [4.78, 5) is 25.5. The Hall–Kier alpha value is -3.10. The molecule has 0 bridgehead atoms. The molecule has 1 amide bonds. The second-order valence-electron chi connectivity index (χ2n) is 21.0. The van der Waals surface area contributed by atoms with Crippen LogP contribution >= 0.6 is 7.82 Å². The Labute approximate surface area is 456 Å². The Bertz CT molecular complexity index is 1620. The fourth-order valence-corrected chi connectivity index (χ4v) is 8.75. The number of nitrogens with one attached hydrogen (secondary N) is 1. The maximum atomic E-state index is 13.0. The van der Waals surface area contributed by atoms with Crippen molar-refractivity contribution in [1.29, 1.82) is 0 Å². The summed E-state index contributed by atoms with van der Waals surface area (Å²) in [6.45, 7) is 4.52. The summed E-state index contributed by atoms with van der Waals surface area (Å²) < 4.78 is 23.3. The molecule has 8 nitrogen and oxygen atoms in total. The second kappa shape index (κ2) is 54.7. The summed E-state index contributed by atoms with van der Waals surface area (Å²) in [5, 5.41) is 13.9. The van der Waals surface area contributed by atoms with E-state index in [0.717, 1.165) is 116 Å². The van der Waals surface area contributed by atoms with Gasteiger partial charge in [0.25, 0.3) is 7.82 Å². The quantitative estimate of drug-likeness (QED) is 0.0272. The highest BCUT2D eigenvalue weighted by molar-refractivity contribution is 7.45. The number of nitrogens with zero attached hydrogens (tertiary/aromatic N) is 1. The van der Waals surface area contributed by atoms with E-state index in [1.54, 1.807) is 6.08 Å². The minimum absolute atomic E-state index is 0.0114. The van der Waals surface area contributed by atoms with Crippen LogP contribution in [0.4, 0.5) is 0 Å². The number of carbonyl (C=O) groups excluding carboxylic acids is 1. The highest BCUT2D eigenvalue weighted by Gasteiger charge is 2.23. The van der Waals surface area contributed by atoms with Crippen LogP contribution in [0.25, 0.3) is 0 Å². The van der Waals surface area contributed by atoms with Gasteiger partial charge in [-0.1, -0.05) is 257 Å². The van der Waals surface area contributed by atoms with Gasteiger partial charge in [0.2, 0.25) is 5.91 Å². The first-order valence-corrected chi connectivity index (χ1v) is 31.4. The number of rotatable bonds is 53. The first-order chi connectivity index (χ1) is 36.0. The van der Waals surface area contributed by atoms with Crippen molar-refractivity contribution in [2.24, 2.45) is 0 Å². The lowest BCUT2D eigenvalue weighted by molar-refractivity contribution is -0.870. The first kappa shape index (κ1) is 70.9. The van der Waals surface area contributed by atoms with Gasteiger partial charge in [-0.25, -0.2) is 0 Å². The van der Waals surface area contributed by atoms with Gasteiger partial charge in [-0.3, -0.25) is 9.36 Å². The molecule has 0 aliphatic heterocycles. The lowest BCUT2D eigenvalue weighted by Gasteiger charge is -2.29. The van der Waals surface area contributed by atoms with E-state index in [9.17, 15) is 19.4 Å². The van der Waals surface area contributed by atoms with Crippen molar-refractivity contribution in [2.75, 3.05) is 40.9 Å². The molecule has 0 saturated carbocycles. The Kier molecular flexibility index (Phi) is 52.4. The van der Waals surface area contributed by atoms with E-state index in [0.29, 0.717) is 17.4 Å². The standard InChI is InChI=1S/C65H113N2O6P/c1-6-8-10-12-14-16-18-20-22-24-26-27-28-29-30-31-32-33-34-35-36-37-38-39-41-43-45-47-49-51-53-55-57-59-65(69)66-63(62-73-74(70,71)72-61-60-67(3,4)5)64(68)58-56-54-52-50-48-46-44-42-40-25-23-21-19-17-15-13-11-9-7-2/h8,10,14,16,20,22,26-27,29-30,32-33,35-36,38-39,43,45,56,58,63-64,68H,6-7,9,11-13,15,17-19,21,23-25,28,31,34,37,40-42,44,46-55,57,59-62H2,1-5H3,(H-,66,69,70,71)/b10-8-,16-14-,22-20-,27-26-,30-29-,33-32-,36-35-,39-38-,45-43-,58-56+. The summed E-state index contributed by atoms with van der Waals surface area (Å²) in [5.41, 5.74) is 0. The molecule has 0 rings (SSSR count). The molecule has 0 fully saturated rings. The first-order valence-electron chi connectivity index (χ1n) is 29.9. The molecule has 0 spiro atoms. The summed E-state index contributed by atoms with van der Waals surface area (Å²) in [5.74, 6) is -0.220. The zero-order valence-corrected chi connectivity index (χ0v) is 49.1. The molecular weight excluding hydrogens is 936 g/mol. The topological polar surface area (TPSA) is 108 Å². The fourth-order valence-electron chi connectivity index (χ4n) is 8.03. The van der Waals surface area contributed by atoms with Crippen molar-refractivity contribution in [1.82, 2.24) is 5.32 Å². The van der Waals surface area contributed by atoms with E-state index >= 15 is 0 Å². The molecule has 9 heteroatoms. The van der Waals surface area contributed by atoms with Crippen LogP contribution in [0.2, 0.25) is 0 Å². The third kappa shape index (κ3) is 56.6. The number of amides is 1.